The van der Waals surface area contributed by atoms with Gasteiger partial charge in [-0.3, -0.25) is 21.3 Å². The first-order valence-corrected chi connectivity index (χ1v) is 37.0. The molecule has 4 aliphatic rings. The number of hydrogen-bond donors (Lipinski definition) is 4. The summed E-state index contributed by atoms with van der Waals surface area (Å²) in [7, 11) is 0. The number of nitrogens with one attached hydrogen (secondary N) is 4. The molecule has 18 rings (SSSR count). The molecule has 0 aromatic heterocycles. The van der Waals surface area contributed by atoms with E-state index in [1.807, 2.05) is 60.7 Å². The molecule has 524 valence electrons. The van der Waals surface area contributed by atoms with Gasteiger partial charge in [0.05, 0.1) is 0 Å². The number of ether oxygens (including phenoxy) is 4. The van der Waals surface area contributed by atoms with Gasteiger partial charge in [-0.2, -0.15) is 0 Å². The molecule has 106 heavy (non-hydrogen) atoms. The Kier molecular flexibility index (Phi) is 20.8. The topological polar surface area (TPSA) is 85.0 Å². The number of rotatable bonds is 16. The molecule has 14 aromatic carbocycles. The zero-order valence-electron chi connectivity index (χ0n) is 60.4. The molecule has 0 amide bonds. The Morgan fingerprint density at radius 3 is 0.481 bits per heavy atom. The van der Waals surface area contributed by atoms with E-state index in [2.05, 4.69) is 364 Å². The van der Waals surface area contributed by atoms with Gasteiger partial charge >= 0.3 is 0 Å². The highest BCUT2D eigenvalue weighted by Gasteiger charge is 2.48. The van der Waals surface area contributed by atoms with E-state index in [1.54, 1.807) is 0 Å². The third-order valence-electron chi connectivity index (χ3n) is 20.8. The Balaban J connectivity index is 0.000000137. The molecule has 8 heteroatoms. The van der Waals surface area contributed by atoms with Crippen molar-refractivity contribution < 1.29 is 18.9 Å². The third kappa shape index (κ3) is 13.5. The molecule has 0 radical (unpaired) electrons. The fourth-order valence-electron chi connectivity index (χ4n) is 15.8. The van der Waals surface area contributed by atoms with Gasteiger partial charge in [-0.1, -0.05) is 355 Å². The average Bonchev–Trinajstić information content (AvgIpc) is 0.740. The summed E-state index contributed by atoms with van der Waals surface area (Å²) in [6.45, 7) is 11.5. The van der Waals surface area contributed by atoms with E-state index >= 15 is 0 Å². The first-order chi connectivity index (χ1) is 52.2. The molecule has 0 unspecified atom stereocenters. The van der Waals surface area contributed by atoms with Crippen molar-refractivity contribution >= 4 is 0 Å². The Hall–Kier alpha value is -11.9. The molecule has 0 fully saturated rings. The van der Waals surface area contributed by atoms with Gasteiger partial charge in [0.15, 0.2) is 0 Å². The smallest absolute Gasteiger partial charge is 0.133 e. The van der Waals surface area contributed by atoms with Crippen molar-refractivity contribution in [3.05, 3.63) is 454 Å². The minimum Gasteiger partial charge on any atom is -0.457 e. The lowest BCUT2D eigenvalue weighted by molar-refractivity contribution is 0.354. The molecule has 14 aromatic rings. The summed E-state index contributed by atoms with van der Waals surface area (Å²) < 4.78 is 25.8. The molecule has 4 aliphatic heterocycles. The van der Waals surface area contributed by atoms with Crippen molar-refractivity contribution in [2.24, 2.45) is 0 Å². The predicted octanol–water partition coefficient (Wildman–Crippen LogP) is 22.3. The molecule has 8 nitrogen and oxygen atoms in total. The van der Waals surface area contributed by atoms with Crippen molar-refractivity contribution in [3.63, 3.8) is 0 Å². The van der Waals surface area contributed by atoms with Crippen LogP contribution in [-0.2, 0) is 22.2 Å². The Morgan fingerprint density at radius 2 is 0.330 bits per heavy atom. The van der Waals surface area contributed by atoms with Gasteiger partial charge in [0, 0.05) is 70.7 Å². The van der Waals surface area contributed by atoms with Gasteiger partial charge in [0.25, 0.3) is 0 Å². The highest BCUT2D eigenvalue weighted by molar-refractivity contribution is 5.67. The van der Waals surface area contributed by atoms with Crippen LogP contribution < -0.4 is 40.2 Å². The van der Waals surface area contributed by atoms with Crippen molar-refractivity contribution in [3.8, 4) is 46.0 Å². The lowest BCUT2D eigenvalue weighted by Gasteiger charge is -2.43. The van der Waals surface area contributed by atoms with Crippen LogP contribution in [0.2, 0.25) is 0 Å². The molecule has 0 aliphatic carbocycles. The molecule has 0 bridgehead atoms. The summed E-state index contributed by atoms with van der Waals surface area (Å²) >= 11 is 0. The number of fused-ring (bicyclic) bond motifs is 8. The SMILES string of the molecule is CC(C)c1ccccc1.CC(C)c1ccccc1.c1ccc(C2(NCCNC3(c4ccccc4)c4ccccc4Oc4ccccc43)c3ccccc3Oc3ccccc32)cc1.c1ccc(C2(NCCNC3(c4ccccc4)c4ccccc4Oc4ccccc43)c3ccccc3Oc3ccccc32)cc1. The van der Waals surface area contributed by atoms with E-state index in [9.17, 15) is 0 Å². The maximum absolute atomic E-state index is 6.44. The van der Waals surface area contributed by atoms with Crippen LogP contribution in [0.3, 0.4) is 0 Å². The summed E-state index contributed by atoms with van der Waals surface area (Å²) in [6, 6.07) is 131. The number of hydrogen-bond acceptors (Lipinski definition) is 8. The first-order valence-electron chi connectivity index (χ1n) is 37.0. The fourth-order valence-corrected chi connectivity index (χ4v) is 15.8. The van der Waals surface area contributed by atoms with Gasteiger partial charge in [-0.15, -0.1) is 0 Å². The second-order valence-electron chi connectivity index (χ2n) is 27.7. The van der Waals surface area contributed by atoms with E-state index in [1.165, 1.54) is 33.4 Å². The minimum atomic E-state index is -0.597. The predicted molar refractivity (Wildman–Crippen MR) is 430 cm³/mol. The zero-order valence-corrected chi connectivity index (χ0v) is 60.4. The normalized spacial score (nSPS) is 14.2. The Labute approximate surface area is 624 Å². The van der Waals surface area contributed by atoms with Crippen LogP contribution in [0.25, 0.3) is 0 Å². The van der Waals surface area contributed by atoms with E-state index in [0.717, 1.165) is 90.5 Å². The monoisotopic (exact) mass is 1380 g/mol. The van der Waals surface area contributed by atoms with Crippen LogP contribution in [0.15, 0.2) is 376 Å². The van der Waals surface area contributed by atoms with Crippen LogP contribution in [0.4, 0.5) is 0 Å². The fraction of sp³-hybridized carbons (Fsp3) is 0.143. The summed E-state index contributed by atoms with van der Waals surface area (Å²) in [5.41, 5.74) is 13.9. The van der Waals surface area contributed by atoms with E-state index < -0.39 is 22.2 Å². The van der Waals surface area contributed by atoms with Crippen LogP contribution in [0.1, 0.15) is 117 Å². The molecular formula is C98H88N4O4. The lowest BCUT2D eigenvalue weighted by atomic mass is 9.74. The van der Waals surface area contributed by atoms with Gasteiger partial charge in [0.2, 0.25) is 0 Å². The highest BCUT2D eigenvalue weighted by Crippen LogP contribution is 2.55. The van der Waals surface area contributed by atoms with Crippen LogP contribution in [0, 0.1) is 0 Å². The molecule has 4 heterocycles. The highest BCUT2D eigenvalue weighted by atomic mass is 16.5. The van der Waals surface area contributed by atoms with Gasteiger partial charge in [-0.25, -0.2) is 0 Å². The lowest BCUT2D eigenvalue weighted by Crippen LogP contribution is -2.52. The van der Waals surface area contributed by atoms with Crippen molar-refractivity contribution in [1.29, 1.82) is 0 Å². The quantitative estimate of drug-likeness (QED) is 0.0712. The van der Waals surface area contributed by atoms with Crippen molar-refractivity contribution in [1.82, 2.24) is 21.3 Å². The average molecular weight is 1390 g/mol. The van der Waals surface area contributed by atoms with E-state index in [0.29, 0.717) is 38.0 Å². The minimum absolute atomic E-state index is 0.597. The summed E-state index contributed by atoms with van der Waals surface area (Å²) in [4.78, 5) is 0. The molecule has 0 spiro atoms. The van der Waals surface area contributed by atoms with Crippen LogP contribution >= 0.6 is 0 Å². The van der Waals surface area contributed by atoms with Gasteiger partial charge < -0.3 is 18.9 Å². The largest absolute Gasteiger partial charge is 0.457 e. The van der Waals surface area contributed by atoms with Gasteiger partial charge in [-0.05, 0) is 93.7 Å². The maximum atomic E-state index is 6.44. The third-order valence-corrected chi connectivity index (χ3v) is 20.8. The van der Waals surface area contributed by atoms with E-state index in [4.69, 9.17) is 18.9 Å². The molecule has 0 atom stereocenters. The maximum Gasteiger partial charge on any atom is 0.133 e. The summed E-state index contributed by atoms with van der Waals surface area (Å²) in [6.07, 6.45) is 0. The number of benzene rings is 14. The second-order valence-corrected chi connectivity index (χ2v) is 27.7. The summed E-state index contributed by atoms with van der Waals surface area (Å²) in [5, 5.41) is 16.2. The van der Waals surface area contributed by atoms with E-state index in [-0.39, 0.29) is 0 Å². The zero-order chi connectivity index (χ0) is 72.2. The molecule has 0 saturated heterocycles. The van der Waals surface area contributed by atoms with Crippen molar-refractivity contribution in [2.75, 3.05) is 26.2 Å². The van der Waals surface area contributed by atoms with Gasteiger partial charge in [0.1, 0.15) is 68.2 Å². The summed E-state index contributed by atoms with van der Waals surface area (Å²) in [5.74, 6) is 8.23. The molecule has 0 saturated carbocycles. The second kappa shape index (κ2) is 31.6. The Morgan fingerprint density at radius 1 is 0.189 bits per heavy atom. The molecular weight excluding hydrogens is 1300 g/mol. The first kappa shape index (κ1) is 69.8. The van der Waals surface area contributed by atoms with Crippen LogP contribution in [0.5, 0.6) is 46.0 Å². The Bertz CT molecular complexity index is 4430. The number of para-hydroxylation sites is 8. The standard InChI is InChI=1S/2C40H32N2O2.2C9H12/c2*1-3-15-29(16-4-1)39(31-19-7-11-23-35(31)43-36-24-12-8-20-32(36)39)41-27-28-42-40(30-17-5-2-6-18-30)33-21-9-13-25-37(33)44-38-26-14-10-22-34(38)40;2*1-8(2)9-6-4-3-5-7-9/h2*1-26,41-42H,27-28H2;2*3-8H,1-2H3. The van der Waals surface area contributed by atoms with Crippen molar-refractivity contribution in [2.45, 2.75) is 61.7 Å². The van der Waals surface area contributed by atoms with Crippen LogP contribution in [-0.4, -0.2) is 26.2 Å². The molecule has 4 N–H and O–H groups in total.